The largest absolute Gasteiger partial charge is 0.508 e. The van der Waals surface area contributed by atoms with E-state index in [0.29, 0.717) is 13.0 Å². The van der Waals surface area contributed by atoms with E-state index in [1.165, 1.54) is 4.90 Å². The second-order valence-electron chi connectivity index (χ2n) is 4.35. The Morgan fingerprint density at radius 3 is 2.45 bits per heavy atom. The molecule has 3 nitrogen and oxygen atoms in total. The molecule has 0 heterocycles. The fourth-order valence-corrected chi connectivity index (χ4v) is 2.53. The summed E-state index contributed by atoms with van der Waals surface area (Å²) in [5, 5.41) is 12.1. The third-order valence-electron chi connectivity index (χ3n) is 2.74. The van der Waals surface area contributed by atoms with Gasteiger partial charge in [-0.25, -0.2) is 0 Å². The molecule has 0 aromatic heterocycles. The van der Waals surface area contributed by atoms with Crippen LogP contribution >= 0.6 is 11.8 Å². The lowest BCUT2D eigenvalue weighted by Gasteiger charge is -2.05. The van der Waals surface area contributed by atoms with Crippen LogP contribution in [-0.2, 0) is 11.2 Å². The minimum Gasteiger partial charge on any atom is -0.508 e. The van der Waals surface area contributed by atoms with Gasteiger partial charge in [-0.3, -0.25) is 4.79 Å². The van der Waals surface area contributed by atoms with Crippen molar-refractivity contribution >= 4 is 17.7 Å². The van der Waals surface area contributed by atoms with Gasteiger partial charge in [0.1, 0.15) is 5.75 Å². The summed E-state index contributed by atoms with van der Waals surface area (Å²) in [6.07, 6.45) is 0.344. The zero-order chi connectivity index (χ0) is 14.2. The Kier molecular flexibility index (Phi) is 5.50. The van der Waals surface area contributed by atoms with Crippen molar-refractivity contribution in [3.8, 4) is 5.75 Å². The van der Waals surface area contributed by atoms with Gasteiger partial charge in [-0.05, 0) is 29.8 Å². The molecule has 20 heavy (non-hydrogen) atoms. The highest BCUT2D eigenvalue weighted by Crippen LogP contribution is 2.15. The molecule has 1 amide bonds. The number of hydrogen-bond donors (Lipinski definition) is 2. The van der Waals surface area contributed by atoms with Crippen LogP contribution in [0, 0.1) is 0 Å². The normalized spacial score (nSPS) is 10.2. The number of carbonyl (C=O) groups is 1. The number of thioether (sulfide) groups is 1. The highest BCUT2D eigenvalue weighted by Gasteiger charge is 2.03. The average molecular weight is 287 g/mol. The molecule has 0 radical (unpaired) electrons. The van der Waals surface area contributed by atoms with Crippen molar-refractivity contribution in [3.63, 3.8) is 0 Å². The van der Waals surface area contributed by atoms with Crippen molar-refractivity contribution in [2.45, 2.75) is 11.3 Å². The van der Waals surface area contributed by atoms with Crippen LogP contribution in [0.25, 0.3) is 0 Å². The lowest BCUT2D eigenvalue weighted by Crippen LogP contribution is -2.27. The second kappa shape index (κ2) is 7.60. The molecule has 0 unspecified atom stereocenters. The highest BCUT2D eigenvalue weighted by molar-refractivity contribution is 7.99. The van der Waals surface area contributed by atoms with Crippen LogP contribution in [0.2, 0.25) is 0 Å². The molecule has 0 aliphatic rings. The molecule has 104 valence electrons. The first-order chi connectivity index (χ1) is 9.74. The first kappa shape index (κ1) is 14.5. The monoisotopic (exact) mass is 287 g/mol. The van der Waals surface area contributed by atoms with E-state index in [1.54, 1.807) is 36.0 Å². The van der Waals surface area contributed by atoms with E-state index in [9.17, 15) is 4.79 Å². The van der Waals surface area contributed by atoms with Crippen LogP contribution in [0.3, 0.4) is 0 Å². The third kappa shape index (κ3) is 4.97. The molecule has 2 aromatic rings. The van der Waals surface area contributed by atoms with Crippen molar-refractivity contribution in [2.24, 2.45) is 0 Å². The summed E-state index contributed by atoms with van der Waals surface area (Å²) in [7, 11) is 0. The van der Waals surface area contributed by atoms with Crippen molar-refractivity contribution in [2.75, 3.05) is 12.3 Å². The van der Waals surface area contributed by atoms with Crippen molar-refractivity contribution < 1.29 is 9.90 Å². The van der Waals surface area contributed by atoms with Crippen LogP contribution < -0.4 is 5.32 Å². The Hall–Kier alpha value is -1.94. The summed E-state index contributed by atoms with van der Waals surface area (Å²) in [4.78, 5) is 12.9. The van der Waals surface area contributed by atoms with E-state index in [4.69, 9.17) is 5.11 Å². The fourth-order valence-electron chi connectivity index (χ4n) is 1.74. The topological polar surface area (TPSA) is 49.3 Å². The summed E-state index contributed by atoms with van der Waals surface area (Å²) in [5.74, 6) is 1.07. The molecule has 0 aliphatic carbocycles. The number of carbonyl (C=O) groups excluding carboxylic acids is 1. The Bertz CT molecular complexity index is 540. The van der Waals surface area contributed by atoms with E-state index >= 15 is 0 Å². The van der Waals surface area contributed by atoms with Crippen LogP contribution in [0.1, 0.15) is 5.56 Å². The van der Waals surface area contributed by atoms with Gasteiger partial charge < -0.3 is 10.4 Å². The summed E-state index contributed by atoms with van der Waals surface area (Å²) in [6.45, 7) is 0.649. The maximum Gasteiger partial charge on any atom is 0.224 e. The van der Waals surface area contributed by atoms with Crippen molar-refractivity contribution in [1.29, 1.82) is 0 Å². The molecule has 0 saturated carbocycles. The number of rotatable bonds is 6. The van der Waals surface area contributed by atoms with Gasteiger partial charge in [0.05, 0.1) is 6.42 Å². The summed E-state index contributed by atoms with van der Waals surface area (Å²) in [6, 6.07) is 16.8. The number of benzene rings is 2. The smallest absolute Gasteiger partial charge is 0.224 e. The number of phenolic OH excluding ortho intramolecular Hbond substituents is 1. The molecule has 0 aliphatic heterocycles. The minimum absolute atomic E-state index is 0.00403. The lowest BCUT2D eigenvalue weighted by molar-refractivity contribution is -0.120. The zero-order valence-corrected chi connectivity index (χ0v) is 11.9. The van der Waals surface area contributed by atoms with Gasteiger partial charge in [-0.15, -0.1) is 11.8 Å². The molecule has 2 N–H and O–H groups in total. The molecule has 0 atom stereocenters. The van der Waals surface area contributed by atoms with E-state index in [0.717, 1.165) is 11.3 Å². The van der Waals surface area contributed by atoms with Crippen LogP contribution in [-0.4, -0.2) is 23.3 Å². The SMILES string of the molecule is O=C(Cc1ccc(O)cc1)NCCSc1ccccc1. The number of aromatic hydroxyl groups is 1. The van der Waals surface area contributed by atoms with Crippen LogP contribution in [0.15, 0.2) is 59.5 Å². The summed E-state index contributed by atoms with van der Waals surface area (Å²) >= 11 is 1.72. The first-order valence-electron chi connectivity index (χ1n) is 6.46. The number of hydrogen-bond acceptors (Lipinski definition) is 3. The Balaban J connectivity index is 1.66. The summed E-state index contributed by atoms with van der Waals surface area (Å²) in [5.41, 5.74) is 0.899. The molecule has 2 rings (SSSR count). The molecule has 2 aromatic carbocycles. The second-order valence-corrected chi connectivity index (χ2v) is 5.52. The molecule has 0 spiro atoms. The molecule has 0 saturated heterocycles. The zero-order valence-electron chi connectivity index (χ0n) is 11.1. The molecule has 0 bridgehead atoms. The average Bonchev–Trinajstić information content (AvgIpc) is 2.47. The predicted octanol–water partition coefficient (Wildman–Crippen LogP) is 2.84. The maximum absolute atomic E-state index is 11.7. The van der Waals surface area contributed by atoms with Crippen LogP contribution in [0.4, 0.5) is 0 Å². The van der Waals surface area contributed by atoms with Gasteiger partial charge >= 0.3 is 0 Å². The van der Waals surface area contributed by atoms with E-state index < -0.39 is 0 Å². The fraction of sp³-hybridized carbons (Fsp3) is 0.188. The van der Waals surface area contributed by atoms with Crippen LogP contribution in [0.5, 0.6) is 5.75 Å². The van der Waals surface area contributed by atoms with E-state index in [-0.39, 0.29) is 11.7 Å². The molecular weight excluding hydrogens is 270 g/mol. The molecule has 0 fully saturated rings. The quantitative estimate of drug-likeness (QED) is 0.634. The number of phenols is 1. The molecular formula is C16H17NO2S. The Labute approximate surface area is 123 Å². The lowest BCUT2D eigenvalue weighted by atomic mass is 10.1. The van der Waals surface area contributed by atoms with Crippen molar-refractivity contribution in [3.05, 3.63) is 60.2 Å². The van der Waals surface area contributed by atoms with Gasteiger partial charge in [0.2, 0.25) is 5.91 Å². The van der Waals surface area contributed by atoms with E-state index in [2.05, 4.69) is 17.4 Å². The van der Waals surface area contributed by atoms with Crippen molar-refractivity contribution in [1.82, 2.24) is 5.32 Å². The molecule has 4 heteroatoms. The summed E-state index contributed by atoms with van der Waals surface area (Å²) < 4.78 is 0. The Morgan fingerprint density at radius 1 is 1.05 bits per heavy atom. The first-order valence-corrected chi connectivity index (χ1v) is 7.45. The third-order valence-corrected chi connectivity index (χ3v) is 3.75. The minimum atomic E-state index is 0.00403. The van der Waals surface area contributed by atoms with Gasteiger partial charge in [0.15, 0.2) is 0 Å². The predicted molar refractivity (Wildman–Crippen MR) is 82.0 cm³/mol. The van der Waals surface area contributed by atoms with Gasteiger partial charge in [-0.1, -0.05) is 30.3 Å². The van der Waals surface area contributed by atoms with Gasteiger partial charge in [0.25, 0.3) is 0 Å². The number of amides is 1. The van der Waals surface area contributed by atoms with E-state index in [1.807, 2.05) is 18.2 Å². The standard InChI is InChI=1S/C16H17NO2S/c18-14-8-6-13(7-9-14)12-16(19)17-10-11-20-15-4-2-1-3-5-15/h1-9,18H,10-12H2,(H,17,19). The maximum atomic E-state index is 11.7. The van der Waals surface area contributed by atoms with Gasteiger partial charge in [0, 0.05) is 17.2 Å². The Morgan fingerprint density at radius 2 is 1.75 bits per heavy atom. The number of nitrogens with one attached hydrogen (secondary N) is 1. The van der Waals surface area contributed by atoms with Gasteiger partial charge in [-0.2, -0.15) is 0 Å². The highest BCUT2D eigenvalue weighted by atomic mass is 32.2.